The first-order chi connectivity index (χ1) is 10.1. The van der Waals surface area contributed by atoms with E-state index in [-0.39, 0.29) is 11.6 Å². The van der Waals surface area contributed by atoms with Gasteiger partial charge in [-0.05, 0) is 25.1 Å². The van der Waals surface area contributed by atoms with E-state index in [1.807, 2.05) is 29.8 Å². The van der Waals surface area contributed by atoms with Gasteiger partial charge in [-0.25, -0.2) is 9.37 Å². The summed E-state index contributed by atoms with van der Waals surface area (Å²) < 4.78 is 15.7. The van der Waals surface area contributed by atoms with Gasteiger partial charge in [-0.3, -0.25) is 0 Å². The van der Waals surface area contributed by atoms with Gasteiger partial charge in [-0.2, -0.15) is 0 Å². The van der Waals surface area contributed by atoms with Crippen LogP contribution < -0.4 is 0 Å². The Balaban J connectivity index is 2.02. The molecule has 0 saturated carbocycles. The molecule has 1 aromatic heterocycles. The van der Waals surface area contributed by atoms with Gasteiger partial charge in [0.25, 0.3) is 0 Å². The molecule has 0 aliphatic rings. The van der Waals surface area contributed by atoms with Crippen LogP contribution in [0.25, 0.3) is 11.4 Å². The highest BCUT2D eigenvalue weighted by Gasteiger charge is 2.11. The molecule has 3 aromatic rings. The second-order valence-corrected chi connectivity index (χ2v) is 4.98. The molecule has 0 spiro atoms. The summed E-state index contributed by atoms with van der Waals surface area (Å²) in [6, 6.07) is 13.6. The lowest BCUT2D eigenvalue weighted by Crippen LogP contribution is -2.03. The number of phenols is 1. The van der Waals surface area contributed by atoms with Crippen molar-refractivity contribution in [1.82, 2.24) is 9.55 Å². The average Bonchev–Trinajstić information content (AvgIpc) is 2.82. The Morgan fingerprint density at radius 1 is 1.14 bits per heavy atom. The van der Waals surface area contributed by atoms with E-state index in [0.717, 1.165) is 11.3 Å². The van der Waals surface area contributed by atoms with E-state index >= 15 is 0 Å². The second-order valence-electron chi connectivity index (χ2n) is 4.98. The van der Waals surface area contributed by atoms with Gasteiger partial charge < -0.3 is 9.67 Å². The first-order valence-electron chi connectivity index (χ1n) is 6.70. The monoisotopic (exact) mass is 282 g/mol. The van der Waals surface area contributed by atoms with E-state index in [2.05, 4.69) is 4.98 Å². The highest BCUT2D eigenvalue weighted by molar-refractivity contribution is 5.58. The van der Waals surface area contributed by atoms with Crippen molar-refractivity contribution in [2.24, 2.45) is 0 Å². The lowest BCUT2D eigenvalue weighted by molar-refractivity contribution is 0.475. The molecule has 1 heterocycles. The molecular formula is C17H15FN2O. The minimum absolute atomic E-state index is 0.186. The van der Waals surface area contributed by atoms with Gasteiger partial charge in [0.1, 0.15) is 17.4 Å². The molecule has 0 atom stereocenters. The number of imidazole rings is 1. The molecule has 0 bridgehead atoms. The molecule has 1 N–H and O–H groups in total. The van der Waals surface area contributed by atoms with Crippen molar-refractivity contribution in [3.63, 3.8) is 0 Å². The number of nitrogens with zero attached hydrogens (tertiary/aromatic N) is 2. The Labute approximate surface area is 122 Å². The van der Waals surface area contributed by atoms with E-state index in [4.69, 9.17) is 0 Å². The quantitative estimate of drug-likeness (QED) is 0.794. The van der Waals surface area contributed by atoms with Gasteiger partial charge >= 0.3 is 0 Å². The van der Waals surface area contributed by atoms with Crippen LogP contribution in [0.5, 0.6) is 5.75 Å². The van der Waals surface area contributed by atoms with Crippen molar-refractivity contribution in [3.05, 3.63) is 71.8 Å². The van der Waals surface area contributed by atoms with Crippen LogP contribution in [0.1, 0.15) is 11.3 Å². The van der Waals surface area contributed by atoms with Gasteiger partial charge in [-0.15, -0.1) is 0 Å². The number of aryl methyl sites for hydroxylation is 1. The molecule has 0 saturated heterocycles. The van der Waals surface area contributed by atoms with E-state index in [9.17, 15) is 9.50 Å². The van der Waals surface area contributed by atoms with Gasteiger partial charge in [-0.1, -0.05) is 30.3 Å². The third kappa shape index (κ3) is 2.79. The van der Waals surface area contributed by atoms with Crippen LogP contribution in [0.15, 0.2) is 54.7 Å². The molecule has 0 amide bonds. The maximum absolute atomic E-state index is 13.8. The molecule has 0 unspecified atom stereocenters. The van der Waals surface area contributed by atoms with E-state index < -0.39 is 0 Å². The number of aromatic nitrogens is 2. The van der Waals surface area contributed by atoms with E-state index in [1.54, 1.807) is 30.3 Å². The fourth-order valence-electron chi connectivity index (χ4n) is 2.35. The molecule has 3 nitrogen and oxygen atoms in total. The van der Waals surface area contributed by atoms with Crippen molar-refractivity contribution in [2.45, 2.75) is 13.5 Å². The number of phenolic OH excluding ortho intramolecular Hbond substituents is 1. The predicted molar refractivity (Wildman–Crippen MR) is 79.6 cm³/mol. The molecule has 0 aliphatic heterocycles. The Morgan fingerprint density at radius 3 is 2.71 bits per heavy atom. The zero-order valence-electron chi connectivity index (χ0n) is 11.6. The molecular weight excluding hydrogens is 267 g/mol. The normalized spacial score (nSPS) is 10.8. The first-order valence-corrected chi connectivity index (χ1v) is 6.70. The van der Waals surface area contributed by atoms with Crippen LogP contribution in [0, 0.1) is 12.7 Å². The maximum Gasteiger partial charge on any atom is 0.140 e. The lowest BCUT2D eigenvalue weighted by atomic mass is 10.2. The van der Waals surface area contributed by atoms with Gasteiger partial charge in [0.2, 0.25) is 0 Å². The number of aromatic hydroxyl groups is 1. The summed E-state index contributed by atoms with van der Waals surface area (Å²) in [6.45, 7) is 2.29. The van der Waals surface area contributed by atoms with Gasteiger partial charge in [0.05, 0.1) is 12.2 Å². The first kappa shape index (κ1) is 13.4. The van der Waals surface area contributed by atoms with Crippen LogP contribution in [-0.4, -0.2) is 14.7 Å². The minimum atomic E-state index is -0.231. The topological polar surface area (TPSA) is 38.0 Å². The zero-order chi connectivity index (χ0) is 14.8. The summed E-state index contributed by atoms with van der Waals surface area (Å²) in [4.78, 5) is 4.48. The molecule has 21 heavy (non-hydrogen) atoms. The van der Waals surface area contributed by atoms with Gasteiger partial charge in [0, 0.05) is 17.3 Å². The Hall–Kier alpha value is -2.62. The van der Waals surface area contributed by atoms with Crippen LogP contribution in [-0.2, 0) is 6.54 Å². The molecule has 106 valence electrons. The third-order valence-electron chi connectivity index (χ3n) is 3.30. The SMILES string of the molecule is Cc1cn(Cc2ccccc2F)c(-c2cccc(O)c2)n1. The van der Waals surface area contributed by atoms with Crippen molar-refractivity contribution < 1.29 is 9.50 Å². The van der Waals surface area contributed by atoms with Crippen molar-refractivity contribution in [1.29, 1.82) is 0 Å². The number of halogens is 1. The second kappa shape index (κ2) is 5.40. The minimum Gasteiger partial charge on any atom is -0.508 e. The predicted octanol–water partition coefficient (Wildman–Crippen LogP) is 3.75. The molecule has 0 aliphatic carbocycles. The fourth-order valence-corrected chi connectivity index (χ4v) is 2.35. The summed E-state index contributed by atoms with van der Waals surface area (Å²) in [5.74, 6) is 0.669. The van der Waals surface area contributed by atoms with Crippen LogP contribution in [0.2, 0.25) is 0 Å². The van der Waals surface area contributed by atoms with Crippen LogP contribution in [0.3, 0.4) is 0 Å². The highest BCUT2D eigenvalue weighted by atomic mass is 19.1. The van der Waals surface area contributed by atoms with Crippen LogP contribution >= 0.6 is 0 Å². The summed E-state index contributed by atoms with van der Waals surface area (Å²) in [5.41, 5.74) is 2.26. The molecule has 4 heteroatoms. The summed E-state index contributed by atoms with van der Waals surface area (Å²) in [6.07, 6.45) is 1.88. The third-order valence-corrected chi connectivity index (χ3v) is 3.30. The highest BCUT2D eigenvalue weighted by Crippen LogP contribution is 2.24. The van der Waals surface area contributed by atoms with Gasteiger partial charge in [0.15, 0.2) is 0 Å². The summed E-state index contributed by atoms with van der Waals surface area (Å²) >= 11 is 0. The number of hydrogen-bond acceptors (Lipinski definition) is 2. The number of hydrogen-bond donors (Lipinski definition) is 1. The van der Waals surface area contributed by atoms with E-state index in [0.29, 0.717) is 17.9 Å². The van der Waals surface area contributed by atoms with Crippen molar-refractivity contribution >= 4 is 0 Å². The Kier molecular flexibility index (Phi) is 3.44. The van der Waals surface area contributed by atoms with Crippen molar-refractivity contribution in [3.8, 4) is 17.1 Å². The summed E-state index contributed by atoms with van der Waals surface area (Å²) in [7, 11) is 0. The number of benzene rings is 2. The lowest BCUT2D eigenvalue weighted by Gasteiger charge is -2.09. The standard InChI is InChI=1S/C17H15FN2O/c1-12-10-20(11-14-5-2-3-8-16(14)18)17(19-12)13-6-4-7-15(21)9-13/h2-10,21H,11H2,1H3. The molecule has 2 aromatic carbocycles. The maximum atomic E-state index is 13.8. The Morgan fingerprint density at radius 2 is 1.95 bits per heavy atom. The summed E-state index contributed by atoms with van der Waals surface area (Å²) in [5, 5.41) is 9.61. The fraction of sp³-hybridized carbons (Fsp3) is 0.118. The molecule has 3 rings (SSSR count). The largest absolute Gasteiger partial charge is 0.508 e. The van der Waals surface area contributed by atoms with Crippen LogP contribution in [0.4, 0.5) is 4.39 Å². The smallest absolute Gasteiger partial charge is 0.140 e. The molecule has 0 fully saturated rings. The Bertz CT molecular complexity index is 780. The number of rotatable bonds is 3. The zero-order valence-corrected chi connectivity index (χ0v) is 11.6. The molecule has 0 radical (unpaired) electrons. The van der Waals surface area contributed by atoms with Crippen molar-refractivity contribution in [2.75, 3.05) is 0 Å². The van der Waals surface area contributed by atoms with E-state index in [1.165, 1.54) is 6.07 Å². The average molecular weight is 282 g/mol.